The maximum absolute atomic E-state index is 13.0. The molecule has 1 aliphatic heterocycles. The van der Waals surface area contributed by atoms with E-state index in [0.29, 0.717) is 30.3 Å². The number of nitrogens with zero attached hydrogens (tertiary/aromatic N) is 4. The van der Waals surface area contributed by atoms with E-state index >= 15 is 0 Å². The normalized spacial score (nSPS) is 13.4. The van der Waals surface area contributed by atoms with Crippen molar-refractivity contribution < 1.29 is 19.0 Å². The summed E-state index contributed by atoms with van der Waals surface area (Å²) in [5.41, 5.74) is 6.46. The molecule has 0 spiro atoms. The van der Waals surface area contributed by atoms with Gasteiger partial charge in [0.1, 0.15) is 36.1 Å². The minimum Gasteiger partial charge on any atom is -0.488 e. The predicted molar refractivity (Wildman–Crippen MR) is 183 cm³/mol. The summed E-state index contributed by atoms with van der Waals surface area (Å²) < 4.78 is 19.8. The lowest BCUT2D eigenvalue weighted by molar-refractivity contribution is 0.0595. The average molecular weight is 631 g/mol. The Morgan fingerprint density at radius 1 is 0.766 bits per heavy atom. The van der Waals surface area contributed by atoms with Crippen LogP contribution in [-0.2, 0) is 24.5 Å². The number of methoxy groups -OCH3 is 1. The number of hydrogen-bond acceptors (Lipinski definition) is 7. The molecule has 8 nitrogen and oxygen atoms in total. The molecule has 1 aromatic heterocycles. The highest BCUT2D eigenvalue weighted by Crippen LogP contribution is 2.39. The first kappa shape index (κ1) is 32.0. The van der Waals surface area contributed by atoms with E-state index in [1.807, 2.05) is 84.9 Å². The molecule has 0 aliphatic carbocycles. The molecule has 1 fully saturated rings. The third-order valence-corrected chi connectivity index (χ3v) is 8.55. The average Bonchev–Trinajstić information content (AvgIpc) is 3.56. The summed E-state index contributed by atoms with van der Waals surface area (Å²) in [7, 11) is 1.36. The van der Waals surface area contributed by atoms with Gasteiger partial charge in [0, 0.05) is 18.2 Å². The van der Waals surface area contributed by atoms with Crippen LogP contribution in [0.5, 0.6) is 11.5 Å². The third-order valence-electron chi connectivity index (χ3n) is 8.55. The van der Waals surface area contributed by atoms with Crippen molar-refractivity contribution in [1.82, 2.24) is 19.9 Å². The highest BCUT2D eigenvalue weighted by molar-refractivity contribution is 5.94. The lowest BCUT2D eigenvalue weighted by Gasteiger charge is -2.26. The Morgan fingerprint density at radius 3 is 1.98 bits per heavy atom. The predicted octanol–water partition coefficient (Wildman–Crippen LogP) is 7.99. The molecule has 0 saturated carbocycles. The van der Waals surface area contributed by atoms with E-state index in [4.69, 9.17) is 14.2 Å². The smallest absolute Gasteiger partial charge is 0.360 e. The Bertz CT molecular complexity index is 1760. The van der Waals surface area contributed by atoms with Crippen LogP contribution < -0.4 is 9.47 Å². The summed E-state index contributed by atoms with van der Waals surface area (Å²) in [6.07, 6.45) is 3.79. The molecule has 47 heavy (non-hydrogen) atoms. The number of hydrogen-bond donors (Lipinski definition) is 0. The van der Waals surface area contributed by atoms with Gasteiger partial charge in [-0.1, -0.05) is 110 Å². The second-order valence-electron chi connectivity index (χ2n) is 12.3. The van der Waals surface area contributed by atoms with Gasteiger partial charge in [-0.25, -0.2) is 9.48 Å². The van der Waals surface area contributed by atoms with Crippen molar-refractivity contribution in [3.05, 3.63) is 125 Å². The van der Waals surface area contributed by atoms with Crippen molar-refractivity contribution >= 4 is 5.97 Å². The lowest BCUT2D eigenvalue weighted by atomic mass is 10.00. The second kappa shape index (κ2) is 15.1. The van der Waals surface area contributed by atoms with Crippen LogP contribution in [-0.4, -0.2) is 46.1 Å². The van der Waals surface area contributed by atoms with Crippen molar-refractivity contribution in [3.63, 3.8) is 0 Å². The number of ether oxygens (including phenoxy) is 3. The number of benzene rings is 4. The standard InChI is InChI=1S/C39H42N4O4/c1-28(2)33-23-34(36(47-27-31-15-9-5-10-16-31)24-35(33)46-26-30-13-7-4-8-14-30)43-38(37(40-41-43)39(44)45-3)32-19-17-29(18-20-32)25-42-21-11-6-12-22-42/h4-5,7-10,13-20,23-24,28H,6,11-12,21-22,25-27H2,1-3H3. The SMILES string of the molecule is COC(=O)c1nnn(-c2cc(C(C)C)c(OCc3ccccc3)cc2OCc2ccccc2)c1-c1ccc(CN2CCCCC2)cc1. The molecule has 6 rings (SSSR count). The maximum atomic E-state index is 13.0. The topological polar surface area (TPSA) is 78.7 Å². The van der Waals surface area contributed by atoms with Crippen molar-refractivity contribution in [2.75, 3.05) is 20.2 Å². The highest BCUT2D eigenvalue weighted by Gasteiger charge is 2.26. The molecule has 242 valence electrons. The van der Waals surface area contributed by atoms with Gasteiger partial charge in [-0.3, -0.25) is 4.90 Å². The van der Waals surface area contributed by atoms with E-state index in [1.54, 1.807) is 4.68 Å². The van der Waals surface area contributed by atoms with E-state index < -0.39 is 5.97 Å². The number of rotatable bonds is 12. The van der Waals surface area contributed by atoms with Crippen LogP contribution in [0.3, 0.4) is 0 Å². The molecule has 1 aliphatic rings. The van der Waals surface area contributed by atoms with E-state index in [1.165, 1.54) is 31.9 Å². The summed E-state index contributed by atoms with van der Waals surface area (Å²) >= 11 is 0. The van der Waals surface area contributed by atoms with Gasteiger partial charge >= 0.3 is 5.97 Å². The van der Waals surface area contributed by atoms with Crippen LogP contribution >= 0.6 is 0 Å². The van der Waals surface area contributed by atoms with Gasteiger partial charge in [0.25, 0.3) is 0 Å². The van der Waals surface area contributed by atoms with Crippen LogP contribution in [0, 0.1) is 0 Å². The Kier molecular flexibility index (Phi) is 10.3. The monoisotopic (exact) mass is 630 g/mol. The second-order valence-corrected chi connectivity index (χ2v) is 12.3. The van der Waals surface area contributed by atoms with Gasteiger partial charge in [-0.2, -0.15) is 0 Å². The molecule has 0 N–H and O–H groups in total. The van der Waals surface area contributed by atoms with Crippen molar-refractivity contribution in [1.29, 1.82) is 0 Å². The van der Waals surface area contributed by atoms with Gasteiger partial charge in [0.15, 0.2) is 5.69 Å². The number of aromatic nitrogens is 3. The van der Waals surface area contributed by atoms with E-state index in [9.17, 15) is 4.79 Å². The molecule has 0 bridgehead atoms. The molecule has 1 saturated heterocycles. The molecule has 0 radical (unpaired) electrons. The summed E-state index contributed by atoms with van der Waals surface area (Å²) in [5.74, 6) is 0.865. The summed E-state index contributed by atoms with van der Waals surface area (Å²) in [5, 5.41) is 8.86. The molecular weight excluding hydrogens is 588 g/mol. The zero-order valence-electron chi connectivity index (χ0n) is 27.4. The zero-order valence-corrected chi connectivity index (χ0v) is 27.4. The fourth-order valence-electron chi connectivity index (χ4n) is 5.98. The Hall–Kier alpha value is -4.95. The number of likely N-dealkylation sites (tertiary alicyclic amines) is 1. The molecule has 4 aromatic carbocycles. The first-order chi connectivity index (χ1) is 23.0. The van der Waals surface area contributed by atoms with Crippen LogP contribution in [0.25, 0.3) is 16.9 Å². The lowest BCUT2D eigenvalue weighted by Crippen LogP contribution is -2.29. The molecule has 0 amide bonds. The number of piperidine rings is 1. The molecule has 5 aromatic rings. The summed E-state index contributed by atoms with van der Waals surface area (Å²) in [4.78, 5) is 15.5. The molecule has 8 heteroatoms. The van der Waals surface area contributed by atoms with Crippen LogP contribution in [0.15, 0.2) is 97.1 Å². The van der Waals surface area contributed by atoms with Gasteiger partial charge < -0.3 is 14.2 Å². The summed E-state index contributed by atoms with van der Waals surface area (Å²) in [6, 6.07) is 32.4. The van der Waals surface area contributed by atoms with E-state index in [0.717, 1.165) is 47.6 Å². The zero-order chi connectivity index (χ0) is 32.6. The Labute approximate surface area is 276 Å². The molecular formula is C39H42N4O4. The maximum Gasteiger partial charge on any atom is 0.360 e. The quantitative estimate of drug-likeness (QED) is 0.129. The van der Waals surface area contributed by atoms with E-state index in [2.05, 4.69) is 41.2 Å². The van der Waals surface area contributed by atoms with Crippen LogP contribution in [0.1, 0.15) is 71.8 Å². The fourth-order valence-corrected chi connectivity index (χ4v) is 5.98. The first-order valence-corrected chi connectivity index (χ1v) is 16.4. The number of carbonyl (C=O) groups is 1. The van der Waals surface area contributed by atoms with Crippen LogP contribution in [0.2, 0.25) is 0 Å². The van der Waals surface area contributed by atoms with Crippen molar-refractivity contribution in [2.24, 2.45) is 0 Å². The summed E-state index contributed by atoms with van der Waals surface area (Å²) in [6.45, 7) is 8.17. The van der Waals surface area contributed by atoms with Gasteiger partial charge in [0.2, 0.25) is 0 Å². The molecule has 0 atom stereocenters. The minimum atomic E-state index is -0.553. The Morgan fingerprint density at radius 2 is 1.38 bits per heavy atom. The fraction of sp³-hybridized carbons (Fsp3) is 0.308. The Balaban J connectivity index is 1.42. The van der Waals surface area contributed by atoms with Gasteiger partial charge in [-0.15, -0.1) is 5.10 Å². The van der Waals surface area contributed by atoms with Gasteiger partial charge in [-0.05, 0) is 60.2 Å². The number of esters is 1. The van der Waals surface area contributed by atoms with E-state index in [-0.39, 0.29) is 11.6 Å². The first-order valence-electron chi connectivity index (χ1n) is 16.4. The van der Waals surface area contributed by atoms with Crippen molar-refractivity contribution in [3.8, 4) is 28.4 Å². The van der Waals surface area contributed by atoms with Crippen molar-refractivity contribution in [2.45, 2.75) is 58.8 Å². The van der Waals surface area contributed by atoms with Gasteiger partial charge in [0.05, 0.1) is 7.11 Å². The highest BCUT2D eigenvalue weighted by atomic mass is 16.5. The minimum absolute atomic E-state index is 0.129. The number of carbonyl (C=O) groups excluding carboxylic acids is 1. The largest absolute Gasteiger partial charge is 0.488 e. The molecule has 2 heterocycles. The van der Waals surface area contributed by atoms with Crippen LogP contribution in [0.4, 0.5) is 0 Å². The molecule has 0 unspecified atom stereocenters. The third kappa shape index (κ3) is 7.72.